The lowest BCUT2D eigenvalue weighted by molar-refractivity contribution is -0.127. The van der Waals surface area contributed by atoms with Gasteiger partial charge in [0.05, 0.1) is 11.5 Å². The van der Waals surface area contributed by atoms with Crippen LogP contribution < -0.4 is 10.2 Å². The molecule has 1 aliphatic rings. The Hall–Kier alpha value is -2.16. The van der Waals surface area contributed by atoms with Crippen LogP contribution >= 0.6 is 23.2 Å². The summed E-state index contributed by atoms with van der Waals surface area (Å²) < 4.78 is 38.8. The minimum Gasteiger partial charge on any atom is -0.351 e. The van der Waals surface area contributed by atoms with Crippen molar-refractivity contribution in [2.24, 2.45) is 0 Å². The number of nitrogens with one attached hydrogen (secondary N) is 1. The second-order valence-electron chi connectivity index (χ2n) is 9.31. The van der Waals surface area contributed by atoms with Crippen LogP contribution in [0.25, 0.3) is 0 Å². The largest absolute Gasteiger partial charge is 0.351 e. The Balaban J connectivity index is 1.95. The van der Waals surface area contributed by atoms with E-state index in [1.165, 1.54) is 23.1 Å². The van der Waals surface area contributed by atoms with E-state index in [1.54, 1.807) is 30.3 Å². The molecule has 0 heterocycles. The number of rotatable bonds is 12. The number of hydrogen-bond acceptors (Lipinski definition) is 4. The molecule has 0 aliphatic heterocycles. The fourth-order valence-electron chi connectivity index (χ4n) is 4.62. The summed E-state index contributed by atoms with van der Waals surface area (Å²) in [5.41, 5.74) is 0.600. The Kier molecular flexibility index (Phi) is 11.2. The molecule has 2 aromatic rings. The van der Waals surface area contributed by atoms with Crippen LogP contribution in [0.5, 0.6) is 0 Å². The summed E-state index contributed by atoms with van der Waals surface area (Å²) >= 11 is 12.1. The monoisotopic (exact) mass is 570 g/mol. The van der Waals surface area contributed by atoms with Crippen molar-refractivity contribution in [2.45, 2.75) is 63.5 Å². The van der Waals surface area contributed by atoms with Crippen molar-refractivity contribution in [3.05, 3.63) is 64.9 Å². The zero-order valence-electron chi connectivity index (χ0n) is 20.7. The zero-order chi connectivity index (χ0) is 26.8. The van der Waals surface area contributed by atoms with Crippen molar-refractivity contribution in [2.75, 3.05) is 22.3 Å². The third-order valence-corrected chi connectivity index (χ3v) is 8.88. The van der Waals surface area contributed by atoms with E-state index < -0.39 is 33.5 Å². The Morgan fingerprint density at radius 2 is 1.73 bits per heavy atom. The molecule has 0 spiro atoms. The summed E-state index contributed by atoms with van der Waals surface area (Å²) in [6.45, 7) is 0. The van der Waals surface area contributed by atoms with Gasteiger partial charge in [0.25, 0.3) is 0 Å². The summed E-state index contributed by atoms with van der Waals surface area (Å²) in [5.74, 6) is -1.47. The molecule has 1 N–H and O–H groups in total. The van der Waals surface area contributed by atoms with Crippen molar-refractivity contribution >= 4 is 50.5 Å². The number of amides is 2. The van der Waals surface area contributed by atoms with E-state index in [4.69, 9.17) is 23.2 Å². The highest BCUT2D eigenvalue weighted by Gasteiger charge is 2.35. The molecule has 0 radical (unpaired) electrons. The zero-order valence-corrected chi connectivity index (χ0v) is 23.0. The number of carbonyl (C=O) groups excluding carboxylic acids is 2. The van der Waals surface area contributed by atoms with Gasteiger partial charge in [-0.15, -0.1) is 11.6 Å². The Labute approximate surface area is 228 Å². The van der Waals surface area contributed by atoms with E-state index in [0.717, 1.165) is 32.1 Å². The van der Waals surface area contributed by atoms with Crippen LogP contribution in [0.1, 0.15) is 63.0 Å². The van der Waals surface area contributed by atoms with Crippen molar-refractivity contribution in [3.8, 4) is 0 Å². The summed E-state index contributed by atoms with van der Waals surface area (Å²) in [5, 5.41) is 3.37. The van der Waals surface area contributed by atoms with Gasteiger partial charge >= 0.3 is 0 Å². The molecule has 1 aliphatic carbocycles. The van der Waals surface area contributed by atoms with E-state index in [2.05, 4.69) is 5.32 Å². The molecule has 2 amide bonds. The van der Waals surface area contributed by atoms with Crippen LogP contribution in [-0.4, -0.2) is 43.7 Å². The van der Waals surface area contributed by atoms with E-state index in [1.807, 2.05) is 0 Å². The van der Waals surface area contributed by atoms with Gasteiger partial charge in [0.15, 0.2) is 0 Å². The van der Waals surface area contributed by atoms with Crippen molar-refractivity contribution in [1.29, 1.82) is 0 Å². The van der Waals surface area contributed by atoms with Gasteiger partial charge in [0.2, 0.25) is 11.8 Å². The molecule has 0 bridgehead atoms. The number of carbonyl (C=O) groups is 2. The van der Waals surface area contributed by atoms with Gasteiger partial charge in [-0.2, -0.15) is 0 Å². The molecular formula is C27H33Cl2FN2O4S. The predicted octanol–water partition coefficient (Wildman–Crippen LogP) is 5.83. The first-order valence-electron chi connectivity index (χ1n) is 12.6. The standard InChI is InChI=1S/C27H33Cl2FN2O4S/c28-16-8-18-37(35,36)17-7-15-25(33)32(22-12-6-9-20(30)19-22)26(23-13-4-5-14-24(23)29)27(34)31-21-10-2-1-3-11-21/h4-6,9,12-14,19,21,26H,1-3,7-8,10-11,15-18H2,(H,31,34). The number of hydrogen-bond donors (Lipinski definition) is 1. The highest BCUT2D eigenvalue weighted by atomic mass is 35.5. The molecule has 37 heavy (non-hydrogen) atoms. The lowest BCUT2D eigenvalue weighted by Crippen LogP contribution is -2.47. The molecule has 3 rings (SSSR count). The minimum atomic E-state index is -3.37. The summed E-state index contributed by atoms with van der Waals surface area (Å²) in [6.07, 6.45) is 5.07. The normalized spacial score (nSPS) is 15.2. The lowest BCUT2D eigenvalue weighted by atomic mass is 9.94. The highest BCUT2D eigenvalue weighted by Crippen LogP contribution is 2.34. The molecule has 0 aromatic heterocycles. The van der Waals surface area contributed by atoms with Gasteiger partial charge < -0.3 is 5.32 Å². The smallest absolute Gasteiger partial charge is 0.248 e. The number of sulfone groups is 1. The number of nitrogens with zero attached hydrogens (tertiary/aromatic N) is 1. The van der Waals surface area contributed by atoms with Crippen LogP contribution in [0.3, 0.4) is 0 Å². The van der Waals surface area contributed by atoms with E-state index in [9.17, 15) is 22.4 Å². The lowest BCUT2D eigenvalue weighted by Gasteiger charge is -2.34. The van der Waals surface area contributed by atoms with Gasteiger partial charge in [0, 0.05) is 34.6 Å². The molecular weight excluding hydrogens is 538 g/mol. The Morgan fingerprint density at radius 1 is 1.03 bits per heavy atom. The number of anilines is 1. The summed E-state index contributed by atoms with van der Waals surface area (Å²) in [7, 11) is -3.37. The molecule has 1 fully saturated rings. The number of halogens is 3. The quantitative estimate of drug-likeness (QED) is 0.325. The van der Waals surface area contributed by atoms with E-state index in [-0.39, 0.29) is 42.0 Å². The van der Waals surface area contributed by atoms with Crippen molar-refractivity contribution in [1.82, 2.24) is 5.32 Å². The average molecular weight is 572 g/mol. The van der Waals surface area contributed by atoms with Crippen LogP contribution in [0, 0.1) is 5.82 Å². The topological polar surface area (TPSA) is 83.6 Å². The summed E-state index contributed by atoms with van der Waals surface area (Å²) in [6, 6.07) is 11.0. The first-order valence-corrected chi connectivity index (χ1v) is 15.3. The number of alkyl halides is 1. The molecule has 2 aromatic carbocycles. The van der Waals surface area contributed by atoms with Crippen molar-refractivity contribution < 1.29 is 22.4 Å². The molecule has 202 valence electrons. The van der Waals surface area contributed by atoms with Crippen LogP contribution in [0.2, 0.25) is 5.02 Å². The maximum Gasteiger partial charge on any atom is 0.248 e. The van der Waals surface area contributed by atoms with Crippen LogP contribution in [-0.2, 0) is 19.4 Å². The second-order valence-corrected chi connectivity index (χ2v) is 12.4. The van der Waals surface area contributed by atoms with Gasteiger partial charge in [0.1, 0.15) is 21.7 Å². The number of benzene rings is 2. The predicted molar refractivity (Wildman–Crippen MR) is 146 cm³/mol. The molecule has 1 saturated carbocycles. The fourth-order valence-corrected chi connectivity index (χ4v) is 6.53. The van der Waals surface area contributed by atoms with E-state index >= 15 is 0 Å². The molecule has 6 nitrogen and oxygen atoms in total. The van der Waals surface area contributed by atoms with Crippen LogP contribution in [0.15, 0.2) is 48.5 Å². The first-order chi connectivity index (χ1) is 17.7. The Bertz CT molecular complexity index is 1170. The summed E-state index contributed by atoms with van der Waals surface area (Å²) in [4.78, 5) is 28.6. The second kappa shape index (κ2) is 14.1. The molecule has 0 saturated heterocycles. The average Bonchev–Trinajstić information content (AvgIpc) is 2.87. The van der Waals surface area contributed by atoms with Gasteiger partial charge in [-0.05, 0) is 49.9 Å². The molecule has 1 atom stereocenters. The van der Waals surface area contributed by atoms with Gasteiger partial charge in [-0.3, -0.25) is 14.5 Å². The third-order valence-electron chi connectivity index (χ3n) is 6.45. The maximum atomic E-state index is 14.3. The molecule has 1 unspecified atom stereocenters. The first kappa shape index (κ1) is 29.4. The Morgan fingerprint density at radius 3 is 2.41 bits per heavy atom. The van der Waals surface area contributed by atoms with Crippen molar-refractivity contribution in [3.63, 3.8) is 0 Å². The van der Waals surface area contributed by atoms with Gasteiger partial charge in [-0.25, -0.2) is 12.8 Å². The fraction of sp³-hybridized carbons (Fsp3) is 0.481. The SMILES string of the molecule is O=C(NC1CCCCC1)C(c1ccccc1Cl)N(C(=O)CCCS(=O)(=O)CCCCl)c1cccc(F)c1. The highest BCUT2D eigenvalue weighted by molar-refractivity contribution is 7.91. The van der Waals surface area contributed by atoms with Gasteiger partial charge in [-0.1, -0.05) is 55.1 Å². The maximum absolute atomic E-state index is 14.3. The minimum absolute atomic E-state index is 0.0252. The van der Waals surface area contributed by atoms with E-state index in [0.29, 0.717) is 17.0 Å². The van der Waals surface area contributed by atoms with Crippen LogP contribution in [0.4, 0.5) is 10.1 Å². The third kappa shape index (κ3) is 8.69. The molecule has 10 heteroatoms.